The molecular formula is C38H63N5O6. The molecule has 5 N–H and O–H groups in total. The molecular weight excluding hydrogens is 622 g/mol. The second-order valence-corrected chi connectivity index (χ2v) is 17.0. The van der Waals surface area contributed by atoms with Gasteiger partial charge in [-0.2, -0.15) is 0 Å². The van der Waals surface area contributed by atoms with Gasteiger partial charge in [0.15, 0.2) is 0 Å². The van der Waals surface area contributed by atoms with Crippen LogP contribution in [0.25, 0.3) is 0 Å². The Kier molecular flexibility index (Phi) is 14.0. The summed E-state index contributed by atoms with van der Waals surface area (Å²) >= 11 is 0. The molecule has 0 aromatic heterocycles. The van der Waals surface area contributed by atoms with E-state index in [1.165, 1.54) is 24.2 Å². The van der Waals surface area contributed by atoms with Crippen molar-refractivity contribution < 1.29 is 28.8 Å². The zero-order valence-corrected chi connectivity index (χ0v) is 31.0. The molecule has 2 saturated carbocycles. The fourth-order valence-electron chi connectivity index (χ4n) is 7.45. The van der Waals surface area contributed by atoms with Crippen LogP contribution in [0.15, 0.2) is 12.7 Å². The number of amides is 5. The normalized spacial score (nSPS) is 22.3. The van der Waals surface area contributed by atoms with E-state index in [0.717, 1.165) is 44.4 Å². The molecule has 1 heterocycles. The molecule has 0 radical (unpaired) electrons. The van der Waals surface area contributed by atoms with E-state index in [0.29, 0.717) is 25.7 Å². The highest BCUT2D eigenvalue weighted by Crippen LogP contribution is 2.35. The number of hydrogen-bond donors (Lipinski definition) is 4. The topological polar surface area (TPSA) is 168 Å². The van der Waals surface area contributed by atoms with Gasteiger partial charge in [0.1, 0.15) is 17.9 Å². The molecule has 2 aliphatic carbocycles. The Morgan fingerprint density at radius 3 is 2.08 bits per heavy atom. The summed E-state index contributed by atoms with van der Waals surface area (Å²) in [5.41, 5.74) is 3.40. The van der Waals surface area contributed by atoms with Crippen molar-refractivity contribution in [2.24, 2.45) is 28.4 Å². The van der Waals surface area contributed by atoms with Gasteiger partial charge in [-0.15, -0.1) is 6.58 Å². The summed E-state index contributed by atoms with van der Waals surface area (Å²) in [6.07, 6.45) is 14.3. The van der Waals surface area contributed by atoms with Crippen molar-refractivity contribution in [2.75, 3.05) is 6.54 Å². The first-order chi connectivity index (χ1) is 22.9. The molecule has 0 aromatic rings. The number of urea groups is 1. The summed E-state index contributed by atoms with van der Waals surface area (Å²) < 4.78 is 0. The van der Waals surface area contributed by atoms with Crippen LogP contribution in [0.1, 0.15) is 138 Å². The van der Waals surface area contributed by atoms with E-state index < -0.39 is 64.0 Å². The molecule has 0 bridgehead atoms. The van der Waals surface area contributed by atoms with Crippen LogP contribution in [0.2, 0.25) is 0 Å². The lowest BCUT2D eigenvalue weighted by atomic mass is 9.74. The molecule has 1 unspecified atom stereocenters. The Balaban J connectivity index is 1.75. The Labute approximate surface area is 293 Å². The molecule has 5 amide bonds. The van der Waals surface area contributed by atoms with Crippen molar-refractivity contribution >= 4 is 35.3 Å². The average Bonchev–Trinajstić information content (AvgIpc) is 3.43. The second kappa shape index (κ2) is 17.1. The van der Waals surface area contributed by atoms with Gasteiger partial charge in [-0.1, -0.05) is 112 Å². The molecule has 1 saturated heterocycles. The van der Waals surface area contributed by atoms with Crippen LogP contribution in [-0.4, -0.2) is 70.4 Å². The van der Waals surface area contributed by atoms with E-state index in [9.17, 15) is 28.8 Å². The molecule has 3 aliphatic rings. The number of nitrogens with one attached hydrogen (secondary N) is 3. The smallest absolute Gasteiger partial charge is 0.315 e. The first kappa shape index (κ1) is 40.2. The zero-order chi connectivity index (χ0) is 36.6. The molecule has 1 aliphatic heterocycles. The first-order valence-corrected chi connectivity index (χ1v) is 18.6. The summed E-state index contributed by atoms with van der Waals surface area (Å²) in [7, 11) is 0. The summed E-state index contributed by atoms with van der Waals surface area (Å²) in [5.74, 6) is -2.48. The molecule has 0 spiro atoms. The van der Waals surface area contributed by atoms with Gasteiger partial charge in [0.2, 0.25) is 17.6 Å². The van der Waals surface area contributed by atoms with Crippen molar-refractivity contribution in [3.63, 3.8) is 0 Å². The van der Waals surface area contributed by atoms with E-state index in [4.69, 9.17) is 5.73 Å². The van der Waals surface area contributed by atoms with Crippen LogP contribution >= 0.6 is 0 Å². The quantitative estimate of drug-likeness (QED) is 0.100. The third-order valence-corrected chi connectivity index (χ3v) is 10.9. The van der Waals surface area contributed by atoms with Gasteiger partial charge in [-0.25, -0.2) is 4.79 Å². The summed E-state index contributed by atoms with van der Waals surface area (Å²) in [6.45, 7) is 15.3. The minimum Gasteiger partial charge on any atom is -0.363 e. The molecule has 11 heteroatoms. The number of primary amides is 1. The summed E-state index contributed by atoms with van der Waals surface area (Å²) in [5, 5.41) is 8.78. The molecule has 276 valence electrons. The Morgan fingerprint density at radius 2 is 1.55 bits per heavy atom. The second-order valence-electron chi connectivity index (χ2n) is 17.0. The molecule has 4 atom stereocenters. The SMILES string of the molecule is C=C[C@H]1CCN(C(=O)[C@@H](NC(=O)NC2(CC(=O)C(C)(C)C)CCCCC2)C(C)(C)C)[C@@H]1C(=O)NC(CCCCCC1CCC1)C(=O)C(N)=O. The number of nitrogens with zero attached hydrogens (tertiary/aromatic N) is 1. The van der Waals surface area contributed by atoms with Crippen LogP contribution in [0.3, 0.4) is 0 Å². The van der Waals surface area contributed by atoms with Crippen molar-refractivity contribution in [3.8, 4) is 0 Å². The highest BCUT2D eigenvalue weighted by Gasteiger charge is 2.47. The largest absolute Gasteiger partial charge is 0.363 e. The lowest BCUT2D eigenvalue weighted by Gasteiger charge is -2.41. The van der Waals surface area contributed by atoms with Crippen molar-refractivity contribution in [1.29, 1.82) is 0 Å². The maximum absolute atomic E-state index is 14.3. The number of nitrogens with two attached hydrogens (primary N) is 1. The number of Topliss-reactive ketones (excluding diaryl/α,β-unsaturated/α-hetero) is 2. The third-order valence-electron chi connectivity index (χ3n) is 10.9. The van der Waals surface area contributed by atoms with Crippen LogP contribution in [0, 0.1) is 22.7 Å². The number of ketones is 2. The minimum atomic E-state index is -1.11. The molecule has 0 aromatic carbocycles. The highest BCUT2D eigenvalue weighted by atomic mass is 16.2. The number of hydrogen-bond acceptors (Lipinski definition) is 6. The number of unbranched alkanes of at least 4 members (excludes halogenated alkanes) is 2. The molecule has 49 heavy (non-hydrogen) atoms. The predicted molar refractivity (Wildman–Crippen MR) is 190 cm³/mol. The van der Waals surface area contributed by atoms with Gasteiger partial charge in [0.05, 0.1) is 6.04 Å². The lowest BCUT2D eigenvalue weighted by Crippen LogP contribution is -2.63. The fraction of sp³-hybridized carbons (Fsp3) is 0.789. The molecule has 3 rings (SSSR count). The van der Waals surface area contributed by atoms with Gasteiger partial charge in [0.25, 0.3) is 5.91 Å². The number of likely N-dealkylation sites (tertiary alicyclic amines) is 1. The van der Waals surface area contributed by atoms with Crippen LogP contribution in [0.5, 0.6) is 0 Å². The fourth-order valence-corrected chi connectivity index (χ4v) is 7.45. The van der Waals surface area contributed by atoms with Crippen LogP contribution in [-0.2, 0) is 24.0 Å². The van der Waals surface area contributed by atoms with Gasteiger partial charge in [-0.3, -0.25) is 24.0 Å². The predicted octanol–water partition coefficient (Wildman–Crippen LogP) is 5.10. The van der Waals surface area contributed by atoms with Gasteiger partial charge in [0, 0.05) is 29.8 Å². The number of rotatable bonds is 16. The van der Waals surface area contributed by atoms with E-state index in [1.807, 2.05) is 41.5 Å². The standard InChI is InChI=1S/C38H63N5O6/c1-8-26-20-23-43(29(26)33(47)40-27(30(45)32(39)46)19-12-9-11-16-25-17-15-18-25)34(48)31(37(5,6)7)41-35(49)42-38(21-13-10-14-22-38)24-28(44)36(2,3)4/h8,25-27,29,31H,1,9-24H2,2-7H3,(H2,39,46)(H,40,47)(H2,41,42,49)/t26-,27?,29-,31+/m0/s1. The Hall–Kier alpha value is -3.24. The summed E-state index contributed by atoms with van der Waals surface area (Å²) in [4.78, 5) is 81.1. The van der Waals surface area contributed by atoms with Crippen LogP contribution in [0.4, 0.5) is 4.79 Å². The van der Waals surface area contributed by atoms with E-state index >= 15 is 0 Å². The third kappa shape index (κ3) is 11.1. The zero-order valence-electron chi connectivity index (χ0n) is 31.0. The van der Waals surface area contributed by atoms with E-state index in [2.05, 4.69) is 22.5 Å². The lowest BCUT2D eigenvalue weighted by molar-refractivity contribution is -0.144. The van der Waals surface area contributed by atoms with Gasteiger partial charge in [-0.05, 0) is 37.0 Å². The van der Waals surface area contributed by atoms with Crippen molar-refractivity contribution in [2.45, 2.75) is 162 Å². The summed E-state index contributed by atoms with van der Waals surface area (Å²) in [6, 6.07) is -3.58. The average molecular weight is 686 g/mol. The molecule has 11 nitrogen and oxygen atoms in total. The first-order valence-electron chi connectivity index (χ1n) is 18.6. The van der Waals surface area contributed by atoms with Crippen molar-refractivity contribution in [3.05, 3.63) is 12.7 Å². The van der Waals surface area contributed by atoms with E-state index in [1.54, 1.807) is 6.08 Å². The van der Waals surface area contributed by atoms with E-state index in [-0.39, 0.29) is 31.1 Å². The van der Waals surface area contributed by atoms with Crippen molar-refractivity contribution in [1.82, 2.24) is 20.9 Å². The Morgan fingerprint density at radius 1 is 0.898 bits per heavy atom. The maximum Gasteiger partial charge on any atom is 0.315 e. The minimum absolute atomic E-state index is 0.0707. The van der Waals surface area contributed by atoms with Gasteiger partial charge >= 0.3 is 6.03 Å². The number of carbonyl (C=O) groups excluding carboxylic acids is 6. The van der Waals surface area contributed by atoms with Gasteiger partial charge < -0.3 is 26.6 Å². The number of carbonyl (C=O) groups is 6. The Bertz CT molecular complexity index is 1220. The maximum atomic E-state index is 14.3. The van der Waals surface area contributed by atoms with Crippen LogP contribution < -0.4 is 21.7 Å². The highest BCUT2D eigenvalue weighted by molar-refractivity contribution is 6.37. The molecule has 3 fully saturated rings. The monoisotopic (exact) mass is 685 g/mol.